The molecule has 0 unspecified atom stereocenters. The molecule has 7 nitrogen and oxygen atoms in total. The third-order valence-electron chi connectivity index (χ3n) is 5.07. The Labute approximate surface area is 172 Å². The molecular formula is C22H31N5O2. The van der Waals surface area contributed by atoms with Crippen LogP contribution in [0.2, 0.25) is 0 Å². The highest BCUT2D eigenvalue weighted by Gasteiger charge is 2.16. The third kappa shape index (κ3) is 5.74. The van der Waals surface area contributed by atoms with Crippen LogP contribution in [0.4, 0.5) is 11.5 Å². The fourth-order valence-corrected chi connectivity index (χ4v) is 3.46. The number of nitrogens with one attached hydrogen (secondary N) is 2. The number of hydrogen-bond donors (Lipinski definition) is 2. The number of benzene rings is 1. The van der Waals surface area contributed by atoms with Crippen molar-refractivity contribution in [1.29, 1.82) is 0 Å². The Morgan fingerprint density at radius 3 is 2.69 bits per heavy atom. The normalized spacial score (nSPS) is 14.8. The van der Waals surface area contributed by atoms with Crippen molar-refractivity contribution in [2.24, 2.45) is 0 Å². The molecule has 0 aliphatic carbocycles. The number of carbonyl (C=O) groups excluding carboxylic acids is 1. The van der Waals surface area contributed by atoms with Crippen LogP contribution in [0.1, 0.15) is 47.2 Å². The number of rotatable bonds is 7. The first-order valence-corrected chi connectivity index (χ1v) is 10.2. The number of anilines is 2. The lowest BCUT2D eigenvalue weighted by Gasteiger charge is -2.26. The van der Waals surface area contributed by atoms with Crippen LogP contribution in [0, 0.1) is 13.8 Å². The predicted octanol–water partition coefficient (Wildman–Crippen LogP) is 3.21. The van der Waals surface area contributed by atoms with Crippen LogP contribution in [0.15, 0.2) is 24.3 Å². The molecule has 1 amide bonds. The van der Waals surface area contributed by atoms with Crippen molar-refractivity contribution in [3.8, 4) is 0 Å². The Hall–Kier alpha value is -2.51. The van der Waals surface area contributed by atoms with Crippen LogP contribution in [0.5, 0.6) is 0 Å². The highest BCUT2D eigenvalue weighted by Crippen LogP contribution is 2.27. The van der Waals surface area contributed by atoms with Gasteiger partial charge in [0.2, 0.25) is 0 Å². The lowest BCUT2D eigenvalue weighted by atomic mass is 9.98. The second kappa shape index (κ2) is 9.80. The standard InChI is InChI=1S/C22H31N5O2/c1-15(2)18-7-5-6-16(3)21(18)26-22(28)19-14-20(25-17(4)24-19)23-8-9-27-10-12-29-13-11-27/h5-7,14-15H,8-13H2,1-4H3,(H,26,28)(H,23,24,25). The number of hydrogen-bond acceptors (Lipinski definition) is 6. The average Bonchev–Trinajstić information content (AvgIpc) is 2.69. The van der Waals surface area contributed by atoms with Gasteiger partial charge in [-0.1, -0.05) is 32.0 Å². The summed E-state index contributed by atoms with van der Waals surface area (Å²) < 4.78 is 5.38. The van der Waals surface area contributed by atoms with Gasteiger partial charge in [-0.05, 0) is 30.9 Å². The fourth-order valence-electron chi connectivity index (χ4n) is 3.46. The first-order chi connectivity index (χ1) is 13.9. The van der Waals surface area contributed by atoms with Crippen LogP contribution in [-0.2, 0) is 4.74 Å². The molecule has 3 rings (SSSR count). The van der Waals surface area contributed by atoms with E-state index in [0.29, 0.717) is 23.3 Å². The van der Waals surface area contributed by atoms with E-state index in [9.17, 15) is 4.79 Å². The monoisotopic (exact) mass is 397 g/mol. The quantitative estimate of drug-likeness (QED) is 0.747. The molecule has 0 atom stereocenters. The van der Waals surface area contributed by atoms with Crippen molar-refractivity contribution in [3.63, 3.8) is 0 Å². The second-order valence-electron chi connectivity index (χ2n) is 7.71. The smallest absolute Gasteiger partial charge is 0.274 e. The average molecular weight is 398 g/mol. The lowest BCUT2D eigenvalue weighted by molar-refractivity contribution is 0.0398. The van der Waals surface area contributed by atoms with Gasteiger partial charge in [-0.2, -0.15) is 0 Å². The number of amides is 1. The Balaban J connectivity index is 1.68. The Morgan fingerprint density at radius 1 is 1.21 bits per heavy atom. The Morgan fingerprint density at radius 2 is 1.97 bits per heavy atom. The zero-order valence-electron chi connectivity index (χ0n) is 17.8. The Bertz CT molecular complexity index is 847. The minimum Gasteiger partial charge on any atom is -0.379 e. The largest absolute Gasteiger partial charge is 0.379 e. The molecule has 156 valence electrons. The molecule has 2 N–H and O–H groups in total. The van der Waals surface area contributed by atoms with Crippen molar-refractivity contribution in [2.45, 2.75) is 33.6 Å². The molecule has 29 heavy (non-hydrogen) atoms. The summed E-state index contributed by atoms with van der Waals surface area (Å²) >= 11 is 0. The number of aryl methyl sites for hydroxylation is 2. The number of carbonyl (C=O) groups is 1. The van der Waals surface area contributed by atoms with Gasteiger partial charge in [-0.3, -0.25) is 9.69 Å². The van der Waals surface area contributed by atoms with Crippen LogP contribution < -0.4 is 10.6 Å². The molecule has 2 aromatic rings. The molecule has 1 fully saturated rings. The summed E-state index contributed by atoms with van der Waals surface area (Å²) in [7, 11) is 0. The summed E-state index contributed by atoms with van der Waals surface area (Å²) in [6.07, 6.45) is 0. The maximum absolute atomic E-state index is 12.9. The molecule has 1 saturated heterocycles. The zero-order chi connectivity index (χ0) is 20.8. The maximum atomic E-state index is 12.9. The van der Waals surface area contributed by atoms with Gasteiger partial charge in [0.05, 0.1) is 13.2 Å². The van der Waals surface area contributed by atoms with E-state index < -0.39 is 0 Å². The van der Waals surface area contributed by atoms with E-state index in [0.717, 1.165) is 56.2 Å². The molecule has 1 aliphatic heterocycles. The molecule has 0 saturated carbocycles. The molecule has 0 spiro atoms. The van der Waals surface area contributed by atoms with Crippen molar-refractivity contribution < 1.29 is 9.53 Å². The zero-order valence-corrected chi connectivity index (χ0v) is 17.8. The van der Waals surface area contributed by atoms with Gasteiger partial charge in [0.1, 0.15) is 17.3 Å². The van der Waals surface area contributed by atoms with E-state index in [2.05, 4.69) is 45.4 Å². The molecule has 1 aromatic carbocycles. The van der Waals surface area contributed by atoms with Gasteiger partial charge in [-0.15, -0.1) is 0 Å². The van der Waals surface area contributed by atoms with Crippen molar-refractivity contribution >= 4 is 17.4 Å². The topological polar surface area (TPSA) is 79.4 Å². The SMILES string of the molecule is Cc1nc(NCCN2CCOCC2)cc(C(=O)Nc2c(C)cccc2C(C)C)n1. The molecule has 0 bridgehead atoms. The van der Waals surface area contributed by atoms with Crippen LogP contribution in [0.3, 0.4) is 0 Å². The lowest BCUT2D eigenvalue weighted by Crippen LogP contribution is -2.39. The molecule has 7 heteroatoms. The van der Waals surface area contributed by atoms with Crippen LogP contribution >= 0.6 is 0 Å². The maximum Gasteiger partial charge on any atom is 0.274 e. The van der Waals surface area contributed by atoms with Crippen LogP contribution in [-0.4, -0.2) is 60.2 Å². The summed E-state index contributed by atoms with van der Waals surface area (Å²) in [5, 5.41) is 6.38. The molecular weight excluding hydrogens is 366 g/mol. The number of aromatic nitrogens is 2. The van der Waals surface area contributed by atoms with E-state index in [1.807, 2.05) is 19.1 Å². The van der Waals surface area contributed by atoms with Gasteiger partial charge < -0.3 is 15.4 Å². The van der Waals surface area contributed by atoms with E-state index in [4.69, 9.17) is 4.74 Å². The van der Waals surface area contributed by atoms with E-state index in [1.165, 1.54) is 0 Å². The summed E-state index contributed by atoms with van der Waals surface area (Å²) in [4.78, 5) is 24.0. The molecule has 1 aromatic heterocycles. The number of nitrogens with zero attached hydrogens (tertiary/aromatic N) is 3. The predicted molar refractivity (Wildman–Crippen MR) is 116 cm³/mol. The van der Waals surface area contributed by atoms with E-state index >= 15 is 0 Å². The van der Waals surface area contributed by atoms with Gasteiger partial charge in [0.15, 0.2) is 0 Å². The molecule has 1 aliphatic rings. The highest BCUT2D eigenvalue weighted by molar-refractivity contribution is 6.04. The summed E-state index contributed by atoms with van der Waals surface area (Å²) in [6.45, 7) is 13.2. The highest BCUT2D eigenvalue weighted by atomic mass is 16.5. The van der Waals surface area contributed by atoms with Crippen molar-refractivity contribution in [3.05, 3.63) is 46.9 Å². The fraction of sp³-hybridized carbons (Fsp3) is 0.500. The van der Waals surface area contributed by atoms with E-state index in [1.54, 1.807) is 13.0 Å². The van der Waals surface area contributed by atoms with Gasteiger partial charge >= 0.3 is 0 Å². The molecule has 2 heterocycles. The summed E-state index contributed by atoms with van der Waals surface area (Å²) in [5.41, 5.74) is 3.39. The number of para-hydroxylation sites is 1. The second-order valence-corrected chi connectivity index (χ2v) is 7.71. The molecule has 0 radical (unpaired) electrons. The Kier molecular flexibility index (Phi) is 7.17. The number of ether oxygens (including phenoxy) is 1. The number of morpholine rings is 1. The first-order valence-electron chi connectivity index (χ1n) is 10.2. The van der Waals surface area contributed by atoms with Crippen molar-refractivity contribution in [2.75, 3.05) is 50.0 Å². The van der Waals surface area contributed by atoms with Crippen LogP contribution in [0.25, 0.3) is 0 Å². The third-order valence-corrected chi connectivity index (χ3v) is 5.07. The minimum atomic E-state index is -0.220. The van der Waals surface area contributed by atoms with Gasteiger partial charge in [0, 0.05) is 37.9 Å². The first kappa shape index (κ1) is 21.2. The van der Waals surface area contributed by atoms with E-state index in [-0.39, 0.29) is 5.91 Å². The summed E-state index contributed by atoms with van der Waals surface area (Å²) in [6, 6.07) is 7.79. The van der Waals surface area contributed by atoms with Gasteiger partial charge in [-0.25, -0.2) is 9.97 Å². The minimum absolute atomic E-state index is 0.220. The van der Waals surface area contributed by atoms with Gasteiger partial charge in [0.25, 0.3) is 5.91 Å². The summed E-state index contributed by atoms with van der Waals surface area (Å²) in [5.74, 6) is 1.34. The van der Waals surface area contributed by atoms with Crippen molar-refractivity contribution in [1.82, 2.24) is 14.9 Å².